The number of nitrogens with two attached hydrogens (primary N) is 1. The number of esters is 1. The Morgan fingerprint density at radius 3 is 2.68 bits per heavy atom. The van der Waals surface area contributed by atoms with Crippen LogP contribution in [-0.2, 0) is 16.1 Å². The summed E-state index contributed by atoms with van der Waals surface area (Å²) in [4.78, 5) is 29.0. The van der Waals surface area contributed by atoms with Gasteiger partial charge in [-0.25, -0.2) is 4.98 Å². The Morgan fingerprint density at radius 1 is 1.28 bits per heavy atom. The van der Waals surface area contributed by atoms with Crippen LogP contribution in [0.25, 0.3) is 10.9 Å². The van der Waals surface area contributed by atoms with Crippen LogP contribution in [0, 0.1) is 5.92 Å². The van der Waals surface area contributed by atoms with E-state index in [-0.39, 0.29) is 17.6 Å². The smallest absolute Gasteiger partial charge is 0.305 e. The van der Waals surface area contributed by atoms with Gasteiger partial charge < -0.3 is 10.1 Å². The molecule has 0 amide bonds. The number of para-hydroxylation sites is 1. The van der Waals surface area contributed by atoms with Crippen molar-refractivity contribution in [1.82, 2.24) is 9.55 Å². The topological polar surface area (TPSA) is 77.8 Å². The van der Waals surface area contributed by atoms with Gasteiger partial charge in [-0.05, 0) is 25.5 Å². The first kappa shape index (κ1) is 19.1. The van der Waals surface area contributed by atoms with Gasteiger partial charge in [-0.2, -0.15) is 0 Å². The molecule has 136 valence electrons. The van der Waals surface area contributed by atoms with Crippen molar-refractivity contribution in [1.29, 1.82) is 0 Å². The Bertz CT molecular complexity index is 783. The van der Waals surface area contributed by atoms with Crippen molar-refractivity contribution in [2.75, 3.05) is 13.7 Å². The van der Waals surface area contributed by atoms with Gasteiger partial charge in [-0.15, -0.1) is 0 Å². The summed E-state index contributed by atoms with van der Waals surface area (Å²) in [6.07, 6.45) is 0.843. The first-order chi connectivity index (χ1) is 11.9. The molecule has 2 aromatic rings. The molecule has 1 heterocycles. The summed E-state index contributed by atoms with van der Waals surface area (Å²) >= 11 is 0. The lowest BCUT2D eigenvalue weighted by molar-refractivity contribution is -0.698. The van der Waals surface area contributed by atoms with Crippen LogP contribution in [0.15, 0.2) is 29.1 Å². The third kappa shape index (κ3) is 4.89. The number of fused-ring (bicyclic) bond motifs is 1. The number of benzene rings is 1. The van der Waals surface area contributed by atoms with E-state index >= 15 is 0 Å². The first-order valence-electron chi connectivity index (χ1n) is 8.83. The quantitative estimate of drug-likeness (QED) is 0.737. The van der Waals surface area contributed by atoms with E-state index < -0.39 is 0 Å². The van der Waals surface area contributed by atoms with Crippen molar-refractivity contribution in [2.24, 2.45) is 5.92 Å². The fraction of sp³-hybridized carbons (Fsp3) is 0.526. The molecular formula is C19H28N3O3+. The number of hydrogen-bond donors (Lipinski definition) is 1. The molecule has 25 heavy (non-hydrogen) atoms. The number of methoxy groups -OCH3 is 1. The van der Waals surface area contributed by atoms with E-state index in [1.54, 1.807) is 10.6 Å². The molecule has 6 nitrogen and oxygen atoms in total. The SMILES string of the molecule is COC(=O)CCCn1c([C@@H](C)[NH2+]CC(C)C)nc2ccccc2c1=O. The Morgan fingerprint density at radius 2 is 2.00 bits per heavy atom. The van der Waals surface area contributed by atoms with Crippen molar-refractivity contribution >= 4 is 16.9 Å². The van der Waals surface area contributed by atoms with Crippen LogP contribution < -0.4 is 10.9 Å². The molecule has 2 N–H and O–H groups in total. The minimum absolute atomic E-state index is 0.0461. The number of carbonyl (C=O) groups is 1. The number of rotatable bonds is 8. The van der Waals surface area contributed by atoms with Gasteiger partial charge >= 0.3 is 5.97 Å². The first-order valence-corrected chi connectivity index (χ1v) is 8.83. The standard InChI is InChI=1S/C19H27N3O3/c1-13(2)12-20-14(3)18-21-16-9-6-5-8-15(16)19(24)22(18)11-7-10-17(23)25-4/h5-6,8-9,13-14,20H,7,10-12H2,1-4H3/p+1/t14-/m1/s1. The minimum Gasteiger partial charge on any atom is -0.469 e. The molecule has 0 aliphatic heterocycles. The molecule has 0 unspecified atom stereocenters. The molecule has 0 saturated heterocycles. The van der Waals surface area contributed by atoms with E-state index in [0.717, 1.165) is 17.9 Å². The average molecular weight is 346 g/mol. The lowest BCUT2D eigenvalue weighted by atomic mass is 10.2. The highest BCUT2D eigenvalue weighted by molar-refractivity contribution is 5.77. The van der Waals surface area contributed by atoms with Crippen molar-refractivity contribution in [3.8, 4) is 0 Å². The summed E-state index contributed by atoms with van der Waals surface area (Å²) in [5.74, 6) is 1.05. The molecular weight excluding hydrogens is 318 g/mol. The summed E-state index contributed by atoms with van der Waals surface area (Å²) in [7, 11) is 1.38. The largest absolute Gasteiger partial charge is 0.469 e. The van der Waals surface area contributed by atoms with Crippen LogP contribution >= 0.6 is 0 Å². The van der Waals surface area contributed by atoms with Gasteiger partial charge in [-0.1, -0.05) is 26.0 Å². The molecule has 1 aromatic carbocycles. The molecule has 0 spiro atoms. The molecule has 6 heteroatoms. The Hall–Kier alpha value is -2.21. The van der Waals surface area contributed by atoms with Crippen LogP contribution in [-0.4, -0.2) is 29.2 Å². The van der Waals surface area contributed by atoms with Crippen molar-refractivity contribution < 1.29 is 14.8 Å². The zero-order chi connectivity index (χ0) is 18.4. The molecule has 1 atom stereocenters. The van der Waals surface area contributed by atoms with E-state index in [0.29, 0.717) is 30.7 Å². The van der Waals surface area contributed by atoms with E-state index in [9.17, 15) is 9.59 Å². The fourth-order valence-electron chi connectivity index (χ4n) is 2.81. The van der Waals surface area contributed by atoms with E-state index in [1.807, 2.05) is 18.2 Å². The van der Waals surface area contributed by atoms with E-state index in [4.69, 9.17) is 4.98 Å². The fourth-order valence-corrected chi connectivity index (χ4v) is 2.81. The Labute approximate surface area is 148 Å². The minimum atomic E-state index is -0.261. The van der Waals surface area contributed by atoms with Crippen molar-refractivity contribution in [3.05, 3.63) is 40.4 Å². The van der Waals surface area contributed by atoms with Gasteiger partial charge in [0, 0.05) is 18.9 Å². The molecule has 0 aliphatic rings. The molecule has 2 rings (SSSR count). The van der Waals surface area contributed by atoms with Crippen LogP contribution in [0.3, 0.4) is 0 Å². The zero-order valence-corrected chi connectivity index (χ0v) is 15.5. The third-order valence-electron chi connectivity index (χ3n) is 4.25. The summed E-state index contributed by atoms with van der Waals surface area (Å²) < 4.78 is 6.40. The zero-order valence-electron chi connectivity index (χ0n) is 15.5. The number of hydrogen-bond acceptors (Lipinski definition) is 4. The maximum atomic E-state index is 12.9. The highest BCUT2D eigenvalue weighted by Crippen LogP contribution is 2.12. The van der Waals surface area contributed by atoms with Gasteiger partial charge in [0.1, 0.15) is 6.04 Å². The van der Waals surface area contributed by atoms with Gasteiger partial charge in [0.25, 0.3) is 5.56 Å². The monoisotopic (exact) mass is 346 g/mol. The second kappa shape index (κ2) is 8.76. The highest BCUT2D eigenvalue weighted by atomic mass is 16.5. The molecule has 0 saturated carbocycles. The maximum Gasteiger partial charge on any atom is 0.305 e. The number of quaternary nitrogens is 1. The van der Waals surface area contributed by atoms with Crippen molar-refractivity contribution in [3.63, 3.8) is 0 Å². The summed E-state index contributed by atoms with van der Waals surface area (Å²) in [5.41, 5.74) is 0.673. The van der Waals surface area contributed by atoms with Crippen LogP contribution in [0.1, 0.15) is 45.5 Å². The Balaban J connectivity index is 2.36. The lowest BCUT2D eigenvalue weighted by Crippen LogP contribution is -2.86. The number of carbonyl (C=O) groups excluding carboxylic acids is 1. The summed E-state index contributed by atoms with van der Waals surface area (Å²) in [5, 5.41) is 2.82. The number of aromatic nitrogens is 2. The highest BCUT2D eigenvalue weighted by Gasteiger charge is 2.19. The maximum absolute atomic E-state index is 12.9. The van der Waals surface area contributed by atoms with Gasteiger partial charge in [0.2, 0.25) is 0 Å². The van der Waals surface area contributed by atoms with Gasteiger partial charge in [0.05, 0.1) is 24.6 Å². The van der Waals surface area contributed by atoms with E-state index in [2.05, 4.69) is 30.8 Å². The number of ether oxygens (including phenoxy) is 1. The molecule has 0 bridgehead atoms. The van der Waals surface area contributed by atoms with E-state index in [1.165, 1.54) is 7.11 Å². The normalized spacial score (nSPS) is 12.5. The van der Waals surface area contributed by atoms with Gasteiger partial charge in [-0.3, -0.25) is 14.2 Å². The predicted molar refractivity (Wildman–Crippen MR) is 97.3 cm³/mol. The second-order valence-corrected chi connectivity index (χ2v) is 6.78. The van der Waals surface area contributed by atoms with Crippen LogP contribution in [0.5, 0.6) is 0 Å². The Kier molecular flexibility index (Phi) is 6.70. The van der Waals surface area contributed by atoms with Crippen LogP contribution in [0.2, 0.25) is 0 Å². The third-order valence-corrected chi connectivity index (χ3v) is 4.25. The second-order valence-electron chi connectivity index (χ2n) is 6.78. The molecule has 1 aromatic heterocycles. The van der Waals surface area contributed by atoms with Crippen molar-refractivity contribution in [2.45, 2.75) is 46.2 Å². The molecule has 0 aliphatic carbocycles. The molecule has 0 radical (unpaired) electrons. The lowest BCUT2D eigenvalue weighted by Gasteiger charge is -2.18. The van der Waals surface area contributed by atoms with Gasteiger partial charge in [0.15, 0.2) is 5.82 Å². The van der Waals surface area contributed by atoms with Crippen LogP contribution in [0.4, 0.5) is 0 Å². The average Bonchev–Trinajstić information content (AvgIpc) is 2.61. The molecule has 0 fully saturated rings. The number of nitrogens with zero attached hydrogens (tertiary/aromatic N) is 2. The predicted octanol–water partition coefficient (Wildman–Crippen LogP) is 1.63. The summed E-state index contributed by atoms with van der Waals surface area (Å²) in [6.45, 7) is 7.82. The summed E-state index contributed by atoms with van der Waals surface area (Å²) in [6, 6.07) is 7.47.